The van der Waals surface area contributed by atoms with Crippen LogP contribution in [0.1, 0.15) is 26.7 Å². The number of hydrogen-bond donors (Lipinski definition) is 2. The Morgan fingerprint density at radius 2 is 2.27 bits per heavy atom. The number of piperidine rings is 1. The van der Waals surface area contributed by atoms with Crippen LogP contribution in [0.5, 0.6) is 0 Å². The van der Waals surface area contributed by atoms with Crippen molar-refractivity contribution in [1.82, 2.24) is 10.2 Å². The summed E-state index contributed by atoms with van der Waals surface area (Å²) in [7, 11) is 1.70. The van der Waals surface area contributed by atoms with E-state index in [0.717, 1.165) is 32.5 Å². The van der Waals surface area contributed by atoms with Crippen molar-refractivity contribution in [2.75, 3.05) is 26.7 Å². The van der Waals surface area contributed by atoms with Crippen LogP contribution in [0, 0.1) is 5.92 Å². The first kappa shape index (κ1) is 12.5. The molecule has 1 aliphatic heterocycles. The van der Waals surface area contributed by atoms with Crippen LogP contribution in [0.4, 0.5) is 0 Å². The minimum Gasteiger partial charge on any atom is -0.359 e. The average Bonchev–Trinajstić information content (AvgIpc) is 2.14. The van der Waals surface area contributed by atoms with Gasteiger partial charge in [0.1, 0.15) is 0 Å². The smallest absolute Gasteiger partial charge is 0.224 e. The first-order valence-electron chi connectivity index (χ1n) is 5.65. The van der Waals surface area contributed by atoms with Gasteiger partial charge in [-0.2, -0.15) is 0 Å². The van der Waals surface area contributed by atoms with Crippen molar-refractivity contribution in [3.8, 4) is 0 Å². The van der Waals surface area contributed by atoms with E-state index in [0.29, 0.717) is 0 Å². The fraction of sp³-hybridized carbons (Fsp3) is 0.909. The monoisotopic (exact) mass is 213 g/mol. The van der Waals surface area contributed by atoms with Crippen LogP contribution in [0.2, 0.25) is 0 Å². The van der Waals surface area contributed by atoms with Gasteiger partial charge in [-0.15, -0.1) is 0 Å². The summed E-state index contributed by atoms with van der Waals surface area (Å²) in [6, 6.07) is 0. The molecule has 1 rings (SSSR count). The lowest BCUT2D eigenvalue weighted by molar-refractivity contribution is -0.126. The lowest BCUT2D eigenvalue weighted by Crippen LogP contribution is -2.50. The predicted molar refractivity (Wildman–Crippen MR) is 61.5 cm³/mol. The molecule has 0 aromatic heterocycles. The van der Waals surface area contributed by atoms with Gasteiger partial charge in [-0.1, -0.05) is 0 Å². The second-order valence-corrected chi connectivity index (χ2v) is 5.18. The van der Waals surface area contributed by atoms with Crippen molar-refractivity contribution in [2.24, 2.45) is 11.7 Å². The first-order valence-corrected chi connectivity index (χ1v) is 5.65. The summed E-state index contributed by atoms with van der Waals surface area (Å²) in [5.74, 6) is 0.306. The molecule has 0 spiro atoms. The molecule has 4 nitrogen and oxygen atoms in total. The number of nitrogens with one attached hydrogen (secondary N) is 1. The third-order valence-electron chi connectivity index (χ3n) is 2.75. The zero-order chi connectivity index (χ0) is 11.5. The van der Waals surface area contributed by atoms with E-state index in [1.54, 1.807) is 7.05 Å². The molecule has 15 heavy (non-hydrogen) atoms. The quantitative estimate of drug-likeness (QED) is 0.703. The number of carbonyl (C=O) groups excluding carboxylic acids is 1. The van der Waals surface area contributed by atoms with E-state index >= 15 is 0 Å². The molecule has 0 radical (unpaired) electrons. The molecule has 1 aliphatic rings. The largest absolute Gasteiger partial charge is 0.359 e. The van der Waals surface area contributed by atoms with Crippen LogP contribution in [-0.4, -0.2) is 43.0 Å². The van der Waals surface area contributed by atoms with Gasteiger partial charge in [0.2, 0.25) is 5.91 Å². The molecule has 1 unspecified atom stereocenters. The Hall–Kier alpha value is -0.610. The zero-order valence-corrected chi connectivity index (χ0v) is 10.0. The zero-order valence-electron chi connectivity index (χ0n) is 10.0. The van der Waals surface area contributed by atoms with E-state index in [1.165, 1.54) is 0 Å². The number of amides is 1. The van der Waals surface area contributed by atoms with Crippen LogP contribution >= 0.6 is 0 Å². The Labute approximate surface area is 92.2 Å². The van der Waals surface area contributed by atoms with Crippen molar-refractivity contribution in [1.29, 1.82) is 0 Å². The van der Waals surface area contributed by atoms with Gasteiger partial charge in [-0.3, -0.25) is 4.79 Å². The van der Waals surface area contributed by atoms with E-state index in [-0.39, 0.29) is 17.4 Å². The maximum atomic E-state index is 11.5. The molecule has 1 atom stereocenters. The number of rotatable bonds is 3. The number of hydrogen-bond acceptors (Lipinski definition) is 3. The number of nitrogens with two attached hydrogens (primary N) is 1. The van der Waals surface area contributed by atoms with Crippen LogP contribution in [0.25, 0.3) is 0 Å². The summed E-state index contributed by atoms with van der Waals surface area (Å²) in [6.45, 7) is 6.82. The highest BCUT2D eigenvalue weighted by atomic mass is 16.1. The lowest BCUT2D eigenvalue weighted by Gasteiger charge is -2.35. The molecule has 0 aromatic rings. The normalized spacial score (nSPS) is 23.9. The summed E-state index contributed by atoms with van der Waals surface area (Å²) < 4.78 is 0. The summed E-state index contributed by atoms with van der Waals surface area (Å²) in [5.41, 5.74) is 5.80. The molecular weight excluding hydrogens is 190 g/mol. The van der Waals surface area contributed by atoms with Crippen molar-refractivity contribution >= 4 is 5.91 Å². The minimum atomic E-state index is -0.176. The van der Waals surface area contributed by atoms with E-state index < -0.39 is 0 Å². The highest BCUT2D eigenvalue weighted by molar-refractivity contribution is 5.78. The van der Waals surface area contributed by atoms with Crippen LogP contribution in [0.15, 0.2) is 0 Å². The Kier molecular flexibility index (Phi) is 4.11. The molecule has 88 valence electrons. The molecule has 0 aliphatic carbocycles. The van der Waals surface area contributed by atoms with Crippen LogP contribution in [0.3, 0.4) is 0 Å². The molecule has 0 bridgehead atoms. The molecule has 1 fully saturated rings. The van der Waals surface area contributed by atoms with Crippen LogP contribution in [-0.2, 0) is 4.79 Å². The van der Waals surface area contributed by atoms with Crippen molar-refractivity contribution in [3.63, 3.8) is 0 Å². The molecule has 0 aromatic carbocycles. The number of nitrogens with zero attached hydrogens (tertiary/aromatic N) is 1. The number of carbonyl (C=O) groups is 1. The third-order valence-corrected chi connectivity index (χ3v) is 2.75. The van der Waals surface area contributed by atoms with E-state index in [1.807, 2.05) is 13.8 Å². The topological polar surface area (TPSA) is 58.4 Å². The molecule has 1 amide bonds. The Balaban J connectivity index is 2.46. The highest BCUT2D eigenvalue weighted by Crippen LogP contribution is 2.17. The molecule has 4 heteroatoms. The van der Waals surface area contributed by atoms with Crippen molar-refractivity contribution in [3.05, 3.63) is 0 Å². The van der Waals surface area contributed by atoms with E-state index in [2.05, 4.69) is 10.2 Å². The van der Waals surface area contributed by atoms with Gasteiger partial charge >= 0.3 is 0 Å². The first-order chi connectivity index (χ1) is 6.92. The average molecular weight is 213 g/mol. The fourth-order valence-corrected chi connectivity index (χ4v) is 2.19. The van der Waals surface area contributed by atoms with Gasteiger partial charge in [0, 0.05) is 25.7 Å². The van der Waals surface area contributed by atoms with E-state index in [9.17, 15) is 4.79 Å². The second kappa shape index (κ2) is 4.94. The maximum absolute atomic E-state index is 11.5. The van der Waals surface area contributed by atoms with Gasteiger partial charge < -0.3 is 16.0 Å². The Morgan fingerprint density at radius 3 is 2.80 bits per heavy atom. The maximum Gasteiger partial charge on any atom is 0.224 e. The van der Waals surface area contributed by atoms with Crippen molar-refractivity contribution < 1.29 is 4.79 Å². The van der Waals surface area contributed by atoms with E-state index in [4.69, 9.17) is 5.73 Å². The Morgan fingerprint density at radius 1 is 1.60 bits per heavy atom. The minimum absolute atomic E-state index is 0.145. The third kappa shape index (κ3) is 4.18. The van der Waals surface area contributed by atoms with Gasteiger partial charge in [-0.05, 0) is 33.2 Å². The fourth-order valence-electron chi connectivity index (χ4n) is 2.19. The summed E-state index contributed by atoms with van der Waals surface area (Å²) in [6.07, 6.45) is 2.09. The highest BCUT2D eigenvalue weighted by Gasteiger charge is 2.27. The lowest BCUT2D eigenvalue weighted by atomic mass is 9.95. The molecule has 3 N–H and O–H groups in total. The predicted octanol–water partition coefficient (Wildman–Crippen LogP) is 0.182. The molecule has 0 saturated carbocycles. The van der Waals surface area contributed by atoms with Gasteiger partial charge in [0.25, 0.3) is 0 Å². The summed E-state index contributed by atoms with van der Waals surface area (Å²) in [5, 5.41) is 2.72. The molecule has 1 saturated heterocycles. The van der Waals surface area contributed by atoms with Gasteiger partial charge in [0.05, 0.1) is 5.92 Å². The molecule has 1 heterocycles. The standard InChI is InChI=1S/C11H23N3O/c1-11(2,12)8-14-6-4-5-9(7-14)10(15)13-3/h9H,4-8,12H2,1-3H3,(H,13,15). The molecular formula is C11H23N3O. The summed E-state index contributed by atoms with van der Waals surface area (Å²) in [4.78, 5) is 13.8. The van der Waals surface area contributed by atoms with Crippen LogP contribution < -0.4 is 11.1 Å². The van der Waals surface area contributed by atoms with Gasteiger partial charge in [0.15, 0.2) is 0 Å². The SMILES string of the molecule is CNC(=O)C1CCCN(CC(C)(C)N)C1. The van der Waals surface area contributed by atoms with Crippen molar-refractivity contribution in [2.45, 2.75) is 32.2 Å². The Bertz CT molecular complexity index is 222. The van der Waals surface area contributed by atoms with Gasteiger partial charge in [-0.25, -0.2) is 0 Å². The number of likely N-dealkylation sites (tertiary alicyclic amines) is 1. The summed E-state index contributed by atoms with van der Waals surface area (Å²) >= 11 is 0. The second-order valence-electron chi connectivity index (χ2n) is 5.18.